The molecule has 28 heavy (non-hydrogen) atoms. The number of benzene rings is 1. The second-order valence-electron chi connectivity index (χ2n) is 5.89. The van der Waals surface area contributed by atoms with Crippen molar-refractivity contribution in [3.05, 3.63) is 41.8 Å². The van der Waals surface area contributed by atoms with E-state index < -0.39 is 38.5 Å². The first-order valence-corrected chi connectivity index (χ1v) is 9.89. The molecule has 1 aromatic heterocycles. The molecule has 1 unspecified atom stereocenters. The lowest BCUT2D eigenvalue weighted by Gasteiger charge is -2.16. The quantitative estimate of drug-likeness (QED) is 0.708. The van der Waals surface area contributed by atoms with Crippen molar-refractivity contribution in [2.24, 2.45) is 7.05 Å². The van der Waals surface area contributed by atoms with Gasteiger partial charge in [0.15, 0.2) is 9.84 Å². The van der Waals surface area contributed by atoms with Crippen LogP contribution in [-0.4, -0.2) is 41.0 Å². The number of aryl methyl sites for hydroxylation is 1. The van der Waals surface area contributed by atoms with Gasteiger partial charge in [-0.05, 0) is 30.7 Å². The summed E-state index contributed by atoms with van der Waals surface area (Å²) in [5.41, 5.74) is 0.310. The van der Waals surface area contributed by atoms with E-state index in [-0.39, 0.29) is 23.5 Å². The van der Waals surface area contributed by atoms with Crippen molar-refractivity contribution in [1.82, 2.24) is 9.78 Å². The number of sulfone groups is 1. The molecule has 2 rings (SSSR count). The predicted octanol–water partition coefficient (Wildman–Crippen LogP) is 1.20. The second-order valence-corrected chi connectivity index (χ2v) is 8.07. The van der Waals surface area contributed by atoms with Crippen molar-refractivity contribution in [3.63, 3.8) is 0 Å². The molecule has 0 fully saturated rings. The van der Waals surface area contributed by atoms with Crippen molar-refractivity contribution in [3.8, 4) is 6.07 Å². The Balaban J connectivity index is 2.11. The van der Waals surface area contributed by atoms with E-state index in [1.807, 2.05) is 6.07 Å². The van der Waals surface area contributed by atoms with Crippen molar-refractivity contribution in [2.45, 2.75) is 18.6 Å². The number of anilines is 2. The van der Waals surface area contributed by atoms with E-state index >= 15 is 0 Å². The Morgan fingerprint density at radius 2 is 1.93 bits per heavy atom. The number of carbonyl (C=O) groups is 2. The van der Waals surface area contributed by atoms with Gasteiger partial charge in [-0.3, -0.25) is 14.3 Å². The highest BCUT2D eigenvalue weighted by Crippen LogP contribution is 2.16. The minimum atomic E-state index is -4.15. The molecular formula is C17H18FN5O4S. The summed E-state index contributed by atoms with van der Waals surface area (Å²) >= 11 is 0. The van der Waals surface area contributed by atoms with Crippen LogP contribution in [0.2, 0.25) is 0 Å². The van der Waals surface area contributed by atoms with Gasteiger partial charge in [-0.1, -0.05) is 6.92 Å². The fourth-order valence-corrected chi connectivity index (χ4v) is 4.01. The highest BCUT2D eigenvalue weighted by atomic mass is 32.2. The van der Waals surface area contributed by atoms with Gasteiger partial charge in [0.25, 0.3) is 0 Å². The van der Waals surface area contributed by atoms with Crippen molar-refractivity contribution >= 4 is 33.2 Å². The molecule has 1 aromatic carbocycles. The number of hydrogen-bond acceptors (Lipinski definition) is 6. The van der Waals surface area contributed by atoms with Gasteiger partial charge >= 0.3 is 0 Å². The topological polar surface area (TPSA) is 134 Å². The van der Waals surface area contributed by atoms with Crippen LogP contribution in [0.5, 0.6) is 0 Å². The maximum absolute atomic E-state index is 12.9. The molecule has 0 aliphatic rings. The van der Waals surface area contributed by atoms with Crippen LogP contribution in [0.4, 0.5) is 15.9 Å². The molecule has 1 atom stereocenters. The van der Waals surface area contributed by atoms with Crippen LogP contribution in [0.3, 0.4) is 0 Å². The fraction of sp³-hybridized carbons (Fsp3) is 0.294. The minimum absolute atomic E-state index is 0.0666. The van der Waals surface area contributed by atoms with Gasteiger partial charge in [0, 0.05) is 12.7 Å². The first kappa shape index (κ1) is 21.0. The Kier molecular flexibility index (Phi) is 6.48. The van der Waals surface area contributed by atoms with Gasteiger partial charge in [-0.2, -0.15) is 10.4 Å². The van der Waals surface area contributed by atoms with Gasteiger partial charge in [0.05, 0.1) is 6.20 Å². The molecule has 0 saturated carbocycles. The summed E-state index contributed by atoms with van der Waals surface area (Å²) in [6, 6.07) is 6.65. The first-order valence-electron chi connectivity index (χ1n) is 8.18. The predicted molar refractivity (Wildman–Crippen MR) is 99.4 cm³/mol. The maximum atomic E-state index is 12.9. The molecule has 0 aliphatic carbocycles. The van der Waals surface area contributed by atoms with Gasteiger partial charge in [-0.25, -0.2) is 12.8 Å². The van der Waals surface area contributed by atoms with E-state index in [1.54, 1.807) is 0 Å². The summed E-state index contributed by atoms with van der Waals surface area (Å²) in [6.45, 7) is 1.49. The zero-order valence-corrected chi connectivity index (χ0v) is 16.0. The number of nitrogens with zero attached hydrogens (tertiary/aromatic N) is 3. The highest BCUT2D eigenvalue weighted by molar-refractivity contribution is 7.93. The highest BCUT2D eigenvalue weighted by Gasteiger charge is 2.33. The summed E-state index contributed by atoms with van der Waals surface area (Å²) in [5.74, 6) is -3.07. The van der Waals surface area contributed by atoms with Crippen LogP contribution in [0.25, 0.3) is 0 Å². The van der Waals surface area contributed by atoms with Gasteiger partial charge in [0.1, 0.15) is 34.3 Å². The first-order chi connectivity index (χ1) is 13.2. The van der Waals surface area contributed by atoms with Crippen LogP contribution in [0, 0.1) is 17.1 Å². The fourth-order valence-electron chi connectivity index (χ4n) is 2.48. The molecule has 0 saturated heterocycles. The average Bonchev–Trinajstić information content (AvgIpc) is 2.96. The summed E-state index contributed by atoms with van der Waals surface area (Å²) < 4.78 is 39.2. The molecule has 0 radical (unpaired) electrons. The van der Waals surface area contributed by atoms with Gasteiger partial charge in [-0.15, -0.1) is 0 Å². The van der Waals surface area contributed by atoms with Crippen LogP contribution < -0.4 is 10.6 Å². The number of halogens is 1. The maximum Gasteiger partial charge on any atom is 0.243 e. The molecule has 1 heterocycles. The Bertz CT molecular complexity index is 1020. The Labute approximate surface area is 161 Å². The third-order valence-electron chi connectivity index (χ3n) is 3.86. The molecule has 9 nitrogen and oxygen atoms in total. The van der Waals surface area contributed by atoms with E-state index in [9.17, 15) is 22.4 Å². The number of nitrogens with one attached hydrogen (secondary N) is 2. The molecule has 0 aliphatic heterocycles. The summed E-state index contributed by atoms with van der Waals surface area (Å²) in [6.07, 6.45) is 1.17. The monoisotopic (exact) mass is 407 g/mol. The SMILES string of the molecule is CCC(C(=O)Nc1c(C#N)cnn1C)S(=O)(=O)CC(=O)Nc1ccc(F)cc1. The molecule has 148 valence electrons. The van der Waals surface area contributed by atoms with Crippen molar-refractivity contribution in [1.29, 1.82) is 5.26 Å². The van der Waals surface area contributed by atoms with Crippen LogP contribution >= 0.6 is 0 Å². The van der Waals surface area contributed by atoms with Crippen molar-refractivity contribution < 1.29 is 22.4 Å². The smallest absolute Gasteiger partial charge is 0.243 e. The molecule has 2 amide bonds. The lowest BCUT2D eigenvalue weighted by molar-refractivity contribution is -0.115. The minimum Gasteiger partial charge on any atom is -0.325 e. The number of rotatable bonds is 7. The lowest BCUT2D eigenvalue weighted by atomic mass is 10.3. The Morgan fingerprint density at radius 3 is 2.50 bits per heavy atom. The average molecular weight is 407 g/mol. The standard InChI is InChI=1S/C17H18FN5O4S/c1-3-14(17(25)22-16-11(8-19)9-20-23(16)2)28(26,27)10-15(24)21-13-6-4-12(18)5-7-13/h4-7,9,14H,3,10H2,1-2H3,(H,21,24)(H,22,25). The second kappa shape index (κ2) is 8.62. The zero-order valence-electron chi connectivity index (χ0n) is 15.1. The van der Waals surface area contributed by atoms with E-state index in [1.165, 1.54) is 37.0 Å². The molecule has 2 N–H and O–H groups in total. The number of carbonyl (C=O) groups excluding carboxylic acids is 2. The summed E-state index contributed by atoms with van der Waals surface area (Å²) in [5, 5.41) is 16.1. The van der Waals surface area contributed by atoms with Crippen LogP contribution in [-0.2, 0) is 26.5 Å². The van der Waals surface area contributed by atoms with Crippen LogP contribution in [0.15, 0.2) is 30.5 Å². The number of amides is 2. The summed E-state index contributed by atoms with van der Waals surface area (Å²) in [4.78, 5) is 24.5. The molecular weight excluding hydrogens is 389 g/mol. The Hall–Kier alpha value is -3.26. The van der Waals surface area contributed by atoms with E-state index in [0.717, 1.165) is 12.1 Å². The lowest BCUT2D eigenvalue weighted by Crippen LogP contribution is -2.39. The van der Waals surface area contributed by atoms with Crippen LogP contribution in [0.1, 0.15) is 18.9 Å². The molecule has 11 heteroatoms. The van der Waals surface area contributed by atoms with E-state index in [2.05, 4.69) is 15.7 Å². The zero-order chi connectivity index (χ0) is 20.9. The Morgan fingerprint density at radius 1 is 1.29 bits per heavy atom. The van der Waals surface area contributed by atoms with Gasteiger partial charge in [0.2, 0.25) is 11.8 Å². The third-order valence-corrected chi connectivity index (χ3v) is 5.94. The molecule has 2 aromatic rings. The number of nitriles is 1. The van der Waals surface area contributed by atoms with E-state index in [4.69, 9.17) is 5.26 Å². The number of aromatic nitrogens is 2. The summed E-state index contributed by atoms with van der Waals surface area (Å²) in [7, 11) is -2.66. The van der Waals surface area contributed by atoms with E-state index in [0.29, 0.717) is 0 Å². The van der Waals surface area contributed by atoms with Gasteiger partial charge < -0.3 is 10.6 Å². The largest absolute Gasteiger partial charge is 0.325 e. The molecule has 0 bridgehead atoms. The normalized spacial score (nSPS) is 12.1. The third kappa shape index (κ3) is 4.92. The number of hydrogen-bond donors (Lipinski definition) is 2. The van der Waals surface area contributed by atoms with Crippen molar-refractivity contribution in [2.75, 3.05) is 16.4 Å². The molecule has 0 spiro atoms.